The lowest BCUT2D eigenvalue weighted by Crippen LogP contribution is -2.27. The summed E-state index contributed by atoms with van der Waals surface area (Å²) >= 11 is 4.95. The number of thioether (sulfide) groups is 1. The molecule has 1 fully saturated rings. The SMILES string of the molecule is CNC(c1c(F)ccc(Br)c1F)C1CCSC1. The maximum absolute atomic E-state index is 14.0. The summed E-state index contributed by atoms with van der Waals surface area (Å²) in [6, 6.07) is 2.47. The second-order valence-corrected chi connectivity index (χ2v) is 6.15. The van der Waals surface area contributed by atoms with Crippen LogP contribution in [0, 0.1) is 17.6 Å². The molecule has 0 saturated carbocycles. The third-order valence-corrected chi connectivity index (χ3v) is 4.94. The first-order valence-electron chi connectivity index (χ1n) is 5.53. The molecule has 94 valence electrons. The van der Waals surface area contributed by atoms with Crippen molar-refractivity contribution < 1.29 is 8.78 Å². The third kappa shape index (κ3) is 2.66. The number of hydrogen-bond acceptors (Lipinski definition) is 2. The molecule has 1 aliphatic rings. The maximum atomic E-state index is 14.0. The zero-order chi connectivity index (χ0) is 12.4. The van der Waals surface area contributed by atoms with Crippen LogP contribution in [0.15, 0.2) is 16.6 Å². The molecule has 5 heteroatoms. The van der Waals surface area contributed by atoms with Gasteiger partial charge in [-0.25, -0.2) is 8.78 Å². The van der Waals surface area contributed by atoms with Crippen LogP contribution < -0.4 is 5.32 Å². The van der Waals surface area contributed by atoms with Gasteiger partial charge in [-0.1, -0.05) is 0 Å². The van der Waals surface area contributed by atoms with Gasteiger partial charge in [0.2, 0.25) is 0 Å². The lowest BCUT2D eigenvalue weighted by molar-refractivity contribution is 0.386. The van der Waals surface area contributed by atoms with Crippen LogP contribution in [0.5, 0.6) is 0 Å². The second kappa shape index (κ2) is 5.67. The molecule has 0 amide bonds. The highest BCUT2D eigenvalue weighted by Crippen LogP contribution is 2.37. The Kier molecular flexibility index (Phi) is 4.44. The number of nitrogens with one attached hydrogen (secondary N) is 1. The molecule has 1 aromatic carbocycles. The fourth-order valence-electron chi connectivity index (χ4n) is 2.26. The van der Waals surface area contributed by atoms with Crippen LogP contribution in [-0.2, 0) is 0 Å². The topological polar surface area (TPSA) is 12.0 Å². The highest BCUT2D eigenvalue weighted by molar-refractivity contribution is 9.10. The summed E-state index contributed by atoms with van der Waals surface area (Å²) < 4.78 is 28.2. The molecule has 2 unspecified atom stereocenters. The predicted octanol–water partition coefficient (Wildman–Crippen LogP) is 3.74. The molecule has 1 saturated heterocycles. The van der Waals surface area contributed by atoms with Crippen molar-refractivity contribution in [3.63, 3.8) is 0 Å². The van der Waals surface area contributed by atoms with Gasteiger partial charge in [0.15, 0.2) is 0 Å². The molecule has 2 rings (SSSR count). The molecular weight excluding hydrogens is 308 g/mol. The van der Waals surface area contributed by atoms with E-state index in [0.717, 1.165) is 17.9 Å². The van der Waals surface area contributed by atoms with E-state index in [1.54, 1.807) is 7.05 Å². The van der Waals surface area contributed by atoms with E-state index in [0.29, 0.717) is 10.4 Å². The monoisotopic (exact) mass is 321 g/mol. The summed E-state index contributed by atoms with van der Waals surface area (Å²) in [4.78, 5) is 0. The van der Waals surface area contributed by atoms with Crippen molar-refractivity contribution in [1.29, 1.82) is 0 Å². The van der Waals surface area contributed by atoms with E-state index >= 15 is 0 Å². The van der Waals surface area contributed by atoms with Gasteiger partial charge < -0.3 is 5.32 Å². The molecule has 17 heavy (non-hydrogen) atoms. The third-order valence-electron chi connectivity index (χ3n) is 3.14. The lowest BCUT2D eigenvalue weighted by Gasteiger charge is -2.24. The van der Waals surface area contributed by atoms with Crippen molar-refractivity contribution in [3.8, 4) is 0 Å². The minimum Gasteiger partial charge on any atom is -0.313 e. The Balaban J connectivity index is 2.39. The van der Waals surface area contributed by atoms with Crippen LogP contribution in [0.3, 0.4) is 0 Å². The Bertz CT molecular complexity index is 408. The highest BCUT2D eigenvalue weighted by Gasteiger charge is 2.30. The summed E-state index contributed by atoms with van der Waals surface area (Å²) in [6.45, 7) is 0. The Labute approximate surface area is 112 Å². The largest absolute Gasteiger partial charge is 0.313 e. The fraction of sp³-hybridized carbons (Fsp3) is 0.500. The predicted molar refractivity (Wildman–Crippen MR) is 71.3 cm³/mol. The van der Waals surface area contributed by atoms with Gasteiger partial charge in [0.1, 0.15) is 11.6 Å². The van der Waals surface area contributed by atoms with E-state index in [4.69, 9.17) is 0 Å². The smallest absolute Gasteiger partial charge is 0.145 e. The molecule has 1 heterocycles. The number of hydrogen-bond donors (Lipinski definition) is 1. The van der Waals surface area contributed by atoms with Crippen molar-refractivity contribution >= 4 is 27.7 Å². The summed E-state index contributed by atoms with van der Waals surface area (Å²) in [5.41, 5.74) is 0.161. The van der Waals surface area contributed by atoms with Crippen LogP contribution in [0.4, 0.5) is 8.78 Å². The van der Waals surface area contributed by atoms with Crippen LogP contribution >= 0.6 is 27.7 Å². The van der Waals surface area contributed by atoms with Gasteiger partial charge in [-0.05, 0) is 59.0 Å². The first-order chi connectivity index (χ1) is 8.15. The Morgan fingerprint density at radius 3 is 2.82 bits per heavy atom. The second-order valence-electron chi connectivity index (χ2n) is 4.15. The minimum absolute atomic E-state index is 0.161. The summed E-state index contributed by atoms with van der Waals surface area (Å²) in [5, 5.41) is 3.06. The average molecular weight is 322 g/mol. The molecule has 1 aliphatic heterocycles. The summed E-state index contributed by atoms with van der Waals surface area (Å²) in [7, 11) is 1.76. The van der Waals surface area contributed by atoms with Crippen LogP contribution in [0.25, 0.3) is 0 Å². The Morgan fingerprint density at radius 1 is 1.47 bits per heavy atom. The van der Waals surface area contributed by atoms with Gasteiger partial charge >= 0.3 is 0 Å². The molecule has 0 radical (unpaired) electrons. The normalized spacial score (nSPS) is 21.8. The fourth-order valence-corrected chi connectivity index (χ4v) is 3.90. The zero-order valence-corrected chi connectivity index (χ0v) is 11.9. The van der Waals surface area contributed by atoms with Gasteiger partial charge in [0.25, 0.3) is 0 Å². The quantitative estimate of drug-likeness (QED) is 0.851. The van der Waals surface area contributed by atoms with Crippen molar-refractivity contribution in [2.45, 2.75) is 12.5 Å². The van der Waals surface area contributed by atoms with Gasteiger partial charge in [-0.2, -0.15) is 11.8 Å². The molecule has 2 atom stereocenters. The van der Waals surface area contributed by atoms with Crippen molar-refractivity contribution in [1.82, 2.24) is 5.32 Å². The molecule has 0 aromatic heterocycles. The lowest BCUT2D eigenvalue weighted by atomic mass is 9.92. The molecular formula is C12H14BrF2NS. The highest BCUT2D eigenvalue weighted by atomic mass is 79.9. The van der Waals surface area contributed by atoms with Gasteiger partial charge in [-0.15, -0.1) is 0 Å². The molecule has 0 bridgehead atoms. The maximum Gasteiger partial charge on any atom is 0.145 e. The first-order valence-corrected chi connectivity index (χ1v) is 7.48. The molecule has 1 aromatic rings. The van der Waals surface area contributed by atoms with E-state index < -0.39 is 11.6 Å². The van der Waals surface area contributed by atoms with Crippen molar-refractivity contribution in [2.75, 3.05) is 18.6 Å². The standard InChI is InChI=1S/C12H14BrF2NS/c1-16-12(7-4-5-17-6-7)10-9(14)3-2-8(13)11(10)15/h2-3,7,12,16H,4-6H2,1H3. The Morgan fingerprint density at radius 2 is 2.24 bits per heavy atom. The van der Waals surface area contributed by atoms with Crippen molar-refractivity contribution in [2.24, 2.45) is 5.92 Å². The number of benzene rings is 1. The number of rotatable bonds is 3. The first kappa shape index (κ1) is 13.3. The average Bonchev–Trinajstić information content (AvgIpc) is 2.83. The number of halogens is 3. The van der Waals surface area contributed by atoms with Crippen LogP contribution in [0.2, 0.25) is 0 Å². The Hall–Kier alpha value is -0.130. The van der Waals surface area contributed by atoms with E-state index in [2.05, 4.69) is 21.2 Å². The van der Waals surface area contributed by atoms with Crippen LogP contribution in [0.1, 0.15) is 18.0 Å². The van der Waals surface area contributed by atoms with E-state index in [-0.39, 0.29) is 11.6 Å². The van der Waals surface area contributed by atoms with Gasteiger partial charge in [-0.3, -0.25) is 0 Å². The van der Waals surface area contributed by atoms with E-state index in [9.17, 15) is 8.78 Å². The molecule has 1 nitrogen and oxygen atoms in total. The molecule has 0 aliphatic carbocycles. The van der Waals surface area contributed by atoms with E-state index in [1.807, 2.05) is 11.8 Å². The van der Waals surface area contributed by atoms with Crippen molar-refractivity contribution in [3.05, 3.63) is 33.8 Å². The molecule has 1 N–H and O–H groups in total. The summed E-state index contributed by atoms with van der Waals surface area (Å²) in [5.74, 6) is 1.36. The van der Waals surface area contributed by atoms with Gasteiger partial charge in [0, 0.05) is 11.6 Å². The minimum atomic E-state index is -0.485. The molecule has 0 spiro atoms. The van der Waals surface area contributed by atoms with E-state index in [1.165, 1.54) is 12.1 Å². The zero-order valence-electron chi connectivity index (χ0n) is 9.47. The van der Waals surface area contributed by atoms with Gasteiger partial charge in [0.05, 0.1) is 4.47 Å². The summed E-state index contributed by atoms with van der Waals surface area (Å²) in [6.07, 6.45) is 1.00. The van der Waals surface area contributed by atoms with Crippen LogP contribution in [-0.4, -0.2) is 18.6 Å².